The molecule has 1 rings (SSSR count). The second-order valence-corrected chi connectivity index (χ2v) is 2.62. The van der Waals surface area contributed by atoms with Gasteiger partial charge in [0.25, 0.3) is 0 Å². The maximum atomic E-state index is 10.8. The van der Waals surface area contributed by atoms with E-state index >= 15 is 0 Å². The summed E-state index contributed by atoms with van der Waals surface area (Å²) in [5.41, 5.74) is -0.800. The Morgan fingerprint density at radius 3 is 2.36 bits per heavy atom. The SMILES string of the molecule is CC(=O)OC[C@]1(C(C)=O)CO1. The van der Waals surface area contributed by atoms with E-state index in [-0.39, 0.29) is 18.4 Å². The number of esters is 1. The van der Waals surface area contributed by atoms with Crippen molar-refractivity contribution in [1.82, 2.24) is 0 Å². The quantitative estimate of drug-likeness (QED) is 0.425. The summed E-state index contributed by atoms with van der Waals surface area (Å²) in [6.07, 6.45) is 0. The Bertz CT molecular complexity index is 193. The lowest BCUT2D eigenvalue weighted by Crippen LogP contribution is -2.28. The van der Waals surface area contributed by atoms with Crippen LogP contribution in [0.2, 0.25) is 0 Å². The standard InChI is InChI=1S/C7H10O4/c1-5(8)7(4-11-7)3-10-6(2)9/h3-4H2,1-2H3/t7-/m1/s1. The van der Waals surface area contributed by atoms with Crippen molar-refractivity contribution in [2.24, 2.45) is 0 Å². The molecule has 4 heteroatoms. The third-order valence-electron chi connectivity index (χ3n) is 1.64. The van der Waals surface area contributed by atoms with E-state index in [0.717, 1.165) is 0 Å². The molecule has 0 saturated carbocycles. The number of rotatable bonds is 3. The Morgan fingerprint density at radius 2 is 2.09 bits per heavy atom. The van der Waals surface area contributed by atoms with Gasteiger partial charge in [0.05, 0.1) is 6.61 Å². The van der Waals surface area contributed by atoms with Crippen molar-refractivity contribution < 1.29 is 19.1 Å². The summed E-state index contributed by atoms with van der Waals surface area (Å²) in [7, 11) is 0. The van der Waals surface area contributed by atoms with Crippen LogP contribution in [0, 0.1) is 0 Å². The van der Waals surface area contributed by atoms with Gasteiger partial charge in [0.2, 0.25) is 0 Å². The molecule has 62 valence electrons. The zero-order valence-electron chi connectivity index (χ0n) is 6.55. The number of ether oxygens (including phenoxy) is 2. The maximum absolute atomic E-state index is 10.8. The first kappa shape index (κ1) is 8.20. The molecular weight excluding hydrogens is 148 g/mol. The molecule has 11 heavy (non-hydrogen) atoms. The van der Waals surface area contributed by atoms with Crippen LogP contribution in [0.3, 0.4) is 0 Å². The van der Waals surface area contributed by atoms with E-state index in [1.54, 1.807) is 0 Å². The average molecular weight is 158 g/mol. The molecule has 0 aromatic carbocycles. The van der Waals surface area contributed by atoms with Crippen LogP contribution in [0.25, 0.3) is 0 Å². The van der Waals surface area contributed by atoms with Crippen LogP contribution >= 0.6 is 0 Å². The van der Waals surface area contributed by atoms with Gasteiger partial charge in [-0.3, -0.25) is 9.59 Å². The predicted octanol–water partition coefficient (Wildman–Crippen LogP) is -0.0925. The minimum atomic E-state index is -0.800. The van der Waals surface area contributed by atoms with Crippen molar-refractivity contribution in [3.8, 4) is 0 Å². The number of hydrogen-bond donors (Lipinski definition) is 0. The van der Waals surface area contributed by atoms with E-state index in [9.17, 15) is 9.59 Å². The van der Waals surface area contributed by atoms with Gasteiger partial charge in [-0.15, -0.1) is 0 Å². The lowest BCUT2D eigenvalue weighted by Gasteiger charge is -2.06. The van der Waals surface area contributed by atoms with Gasteiger partial charge in [-0.1, -0.05) is 0 Å². The van der Waals surface area contributed by atoms with Crippen molar-refractivity contribution in [2.45, 2.75) is 19.4 Å². The molecule has 0 radical (unpaired) electrons. The fourth-order valence-corrected chi connectivity index (χ4v) is 0.694. The first-order chi connectivity index (χ1) is 5.07. The Labute approximate surface area is 64.5 Å². The van der Waals surface area contributed by atoms with Crippen LogP contribution in [0.1, 0.15) is 13.8 Å². The molecule has 1 saturated heterocycles. The van der Waals surface area contributed by atoms with Gasteiger partial charge in [-0.2, -0.15) is 0 Å². The maximum Gasteiger partial charge on any atom is 0.302 e. The summed E-state index contributed by atoms with van der Waals surface area (Å²) in [6.45, 7) is 3.15. The molecule has 1 fully saturated rings. The molecule has 1 heterocycles. The Morgan fingerprint density at radius 1 is 1.55 bits per heavy atom. The van der Waals surface area contributed by atoms with Crippen LogP contribution in [-0.2, 0) is 19.1 Å². The summed E-state index contributed by atoms with van der Waals surface area (Å²) < 4.78 is 9.53. The number of carbonyl (C=O) groups excluding carboxylic acids is 2. The van der Waals surface area contributed by atoms with E-state index in [1.807, 2.05) is 0 Å². The molecule has 0 spiro atoms. The van der Waals surface area contributed by atoms with Gasteiger partial charge in [-0.25, -0.2) is 0 Å². The van der Waals surface area contributed by atoms with E-state index in [2.05, 4.69) is 4.74 Å². The van der Waals surface area contributed by atoms with Crippen LogP contribution in [0.4, 0.5) is 0 Å². The minimum absolute atomic E-state index is 0.0532. The Hall–Kier alpha value is -0.900. The Balaban J connectivity index is 2.36. The lowest BCUT2D eigenvalue weighted by atomic mass is 10.1. The highest BCUT2D eigenvalue weighted by molar-refractivity contribution is 5.87. The van der Waals surface area contributed by atoms with Crippen molar-refractivity contribution in [3.05, 3.63) is 0 Å². The number of Topliss-reactive ketones (excluding diaryl/α,β-unsaturated/α-hetero) is 1. The highest BCUT2D eigenvalue weighted by atomic mass is 16.6. The van der Waals surface area contributed by atoms with Crippen LogP contribution in [-0.4, -0.2) is 30.6 Å². The topological polar surface area (TPSA) is 55.9 Å². The van der Waals surface area contributed by atoms with Crippen molar-refractivity contribution in [2.75, 3.05) is 13.2 Å². The monoisotopic (exact) mass is 158 g/mol. The summed E-state index contributed by atoms with van der Waals surface area (Å²) in [6, 6.07) is 0. The van der Waals surface area contributed by atoms with Gasteiger partial charge < -0.3 is 9.47 Å². The Kier molecular flexibility index (Phi) is 1.95. The van der Waals surface area contributed by atoms with Gasteiger partial charge in [0.1, 0.15) is 6.61 Å². The van der Waals surface area contributed by atoms with E-state index in [1.165, 1.54) is 13.8 Å². The van der Waals surface area contributed by atoms with Crippen LogP contribution in [0.5, 0.6) is 0 Å². The first-order valence-electron chi connectivity index (χ1n) is 3.35. The molecule has 0 unspecified atom stereocenters. The van der Waals surface area contributed by atoms with E-state index < -0.39 is 5.60 Å². The third kappa shape index (κ3) is 1.77. The second-order valence-electron chi connectivity index (χ2n) is 2.62. The zero-order chi connectivity index (χ0) is 8.48. The third-order valence-corrected chi connectivity index (χ3v) is 1.64. The molecule has 0 aromatic heterocycles. The summed E-state index contributed by atoms with van der Waals surface area (Å²) in [5, 5.41) is 0. The van der Waals surface area contributed by atoms with E-state index in [0.29, 0.717) is 6.61 Å². The minimum Gasteiger partial charge on any atom is -0.462 e. The number of carbonyl (C=O) groups is 2. The largest absolute Gasteiger partial charge is 0.462 e. The first-order valence-corrected chi connectivity index (χ1v) is 3.35. The van der Waals surface area contributed by atoms with Crippen LogP contribution < -0.4 is 0 Å². The summed E-state index contributed by atoms with van der Waals surface area (Å²) >= 11 is 0. The fraction of sp³-hybridized carbons (Fsp3) is 0.714. The molecule has 0 N–H and O–H groups in total. The molecule has 1 aliphatic rings. The fourth-order valence-electron chi connectivity index (χ4n) is 0.694. The molecule has 0 bridgehead atoms. The summed E-state index contributed by atoms with van der Waals surface area (Å²) in [4.78, 5) is 21.2. The van der Waals surface area contributed by atoms with Gasteiger partial charge >= 0.3 is 5.97 Å². The molecule has 0 amide bonds. The molecule has 1 atom stereocenters. The van der Waals surface area contributed by atoms with Gasteiger partial charge in [0.15, 0.2) is 11.4 Å². The highest BCUT2D eigenvalue weighted by Crippen LogP contribution is 2.28. The number of hydrogen-bond acceptors (Lipinski definition) is 4. The highest BCUT2D eigenvalue weighted by Gasteiger charge is 2.50. The molecule has 1 aliphatic heterocycles. The lowest BCUT2D eigenvalue weighted by molar-refractivity contribution is -0.144. The van der Waals surface area contributed by atoms with Crippen molar-refractivity contribution in [3.63, 3.8) is 0 Å². The van der Waals surface area contributed by atoms with Crippen molar-refractivity contribution >= 4 is 11.8 Å². The van der Waals surface area contributed by atoms with Crippen molar-refractivity contribution in [1.29, 1.82) is 0 Å². The zero-order valence-corrected chi connectivity index (χ0v) is 6.55. The number of ketones is 1. The van der Waals surface area contributed by atoms with Crippen LogP contribution in [0.15, 0.2) is 0 Å². The van der Waals surface area contributed by atoms with E-state index in [4.69, 9.17) is 4.74 Å². The average Bonchev–Trinajstić information content (AvgIpc) is 2.63. The molecule has 0 aromatic rings. The summed E-state index contributed by atoms with van der Waals surface area (Å²) in [5.74, 6) is -0.472. The normalized spacial score (nSPS) is 27.8. The smallest absolute Gasteiger partial charge is 0.302 e. The van der Waals surface area contributed by atoms with Gasteiger partial charge in [-0.05, 0) is 6.92 Å². The predicted molar refractivity (Wildman–Crippen MR) is 36.0 cm³/mol. The number of epoxide rings is 1. The molecular formula is C7H10O4. The second kappa shape index (κ2) is 2.62. The molecule has 4 nitrogen and oxygen atoms in total. The van der Waals surface area contributed by atoms with Gasteiger partial charge in [0, 0.05) is 6.92 Å². The molecule has 0 aliphatic carbocycles.